The number of sulfonamides is 1. The van der Waals surface area contributed by atoms with Crippen molar-refractivity contribution in [3.8, 4) is 6.07 Å². The maximum Gasteiger partial charge on any atom is 0.261 e. The summed E-state index contributed by atoms with van der Waals surface area (Å²) < 4.78 is 32.8. The van der Waals surface area contributed by atoms with Crippen molar-refractivity contribution in [2.24, 2.45) is 0 Å². The van der Waals surface area contributed by atoms with Crippen molar-refractivity contribution in [1.82, 2.24) is 4.98 Å². The monoisotopic (exact) mass is 379 g/mol. The molecule has 24 heavy (non-hydrogen) atoms. The van der Waals surface area contributed by atoms with E-state index in [0.717, 1.165) is 11.8 Å². The fraction of sp³-hybridized carbons (Fsp3) is 0.0667. The van der Waals surface area contributed by atoms with Crippen LogP contribution >= 0.6 is 23.4 Å². The summed E-state index contributed by atoms with van der Waals surface area (Å²) in [6, 6.07) is 12.7. The summed E-state index contributed by atoms with van der Waals surface area (Å²) in [6.07, 6.45) is 0. The largest absolute Gasteiger partial charge is 0.431 e. The first-order chi connectivity index (χ1) is 11.5. The van der Waals surface area contributed by atoms with Crippen LogP contribution in [-0.2, 0) is 10.0 Å². The van der Waals surface area contributed by atoms with Crippen LogP contribution in [0.15, 0.2) is 57.0 Å². The summed E-state index contributed by atoms with van der Waals surface area (Å²) in [5, 5.41) is 9.42. The molecule has 2 aromatic carbocycles. The van der Waals surface area contributed by atoms with E-state index in [2.05, 4.69) is 9.71 Å². The maximum absolute atomic E-state index is 12.5. The predicted octanol–water partition coefficient (Wildman–Crippen LogP) is 3.90. The second kappa shape index (κ2) is 6.73. The first-order valence-corrected chi connectivity index (χ1v) is 9.51. The van der Waals surface area contributed by atoms with Crippen molar-refractivity contribution in [2.45, 2.75) is 10.1 Å². The lowest BCUT2D eigenvalue weighted by Gasteiger charge is -2.07. The minimum atomic E-state index is -3.76. The molecule has 0 fully saturated rings. The molecular weight excluding hydrogens is 370 g/mol. The van der Waals surface area contributed by atoms with E-state index in [-0.39, 0.29) is 10.6 Å². The van der Waals surface area contributed by atoms with E-state index in [4.69, 9.17) is 21.3 Å². The van der Waals surface area contributed by atoms with Crippen LogP contribution in [0.25, 0.3) is 11.1 Å². The Labute approximate surface area is 147 Å². The first-order valence-electron chi connectivity index (χ1n) is 6.67. The number of hydrogen-bond acceptors (Lipinski definition) is 6. The van der Waals surface area contributed by atoms with E-state index in [0.29, 0.717) is 27.0 Å². The zero-order chi connectivity index (χ0) is 17.2. The second-order valence-corrected chi connectivity index (χ2v) is 7.71. The number of hydrogen-bond donors (Lipinski definition) is 1. The standard InChI is InChI=1S/C15H10ClN3O3S2/c16-10-1-3-11(4-2-10)19-24(20,21)12-5-6-14-13(9-12)18-15(22-14)23-8-7-17/h1-6,9,19H,8H2. The van der Waals surface area contributed by atoms with E-state index in [1.807, 2.05) is 6.07 Å². The van der Waals surface area contributed by atoms with Crippen molar-refractivity contribution < 1.29 is 12.8 Å². The molecule has 1 N–H and O–H groups in total. The van der Waals surface area contributed by atoms with Crippen LogP contribution < -0.4 is 4.72 Å². The number of thioether (sulfide) groups is 1. The second-order valence-electron chi connectivity index (χ2n) is 4.67. The molecule has 0 aliphatic heterocycles. The van der Waals surface area contributed by atoms with Gasteiger partial charge in [-0.1, -0.05) is 23.4 Å². The molecule has 0 saturated carbocycles. The number of halogens is 1. The molecule has 0 saturated heterocycles. The van der Waals surface area contributed by atoms with Gasteiger partial charge in [0.05, 0.1) is 16.7 Å². The molecule has 0 atom stereocenters. The zero-order valence-electron chi connectivity index (χ0n) is 12.1. The highest BCUT2D eigenvalue weighted by Crippen LogP contribution is 2.26. The van der Waals surface area contributed by atoms with Gasteiger partial charge < -0.3 is 4.42 Å². The molecule has 1 heterocycles. The Kier molecular flexibility index (Phi) is 4.66. The molecule has 6 nitrogen and oxygen atoms in total. The SMILES string of the molecule is N#CCSc1nc2cc(S(=O)(=O)Nc3ccc(Cl)cc3)ccc2o1. The Morgan fingerprint density at radius 3 is 2.71 bits per heavy atom. The third-order valence-corrected chi connectivity index (χ3v) is 5.33. The van der Waals surface area contributed by atoms with Crippen LogP contribution in [0.3, 0.4) is 0 Å². The molecule has 9 heteroatoms. The van der Waals surface area contributed by atoms with Crippen LogP contribution in [0.4, 0.5) is 5.69 Å². The Balaban J connectivity index is 1.89. The van der Waals surface area contributed by atoms with E-state index >= 15 is 0 Å². The van der Waals surface area contributed by atoms with Crippen LogP contribution in [0, 0.1) is 11.3 Å². The van der Waals surface area contributed by atoms with Gasteiger partial charge >= 0.3 is 0 Å². The number of oxazole rings is 1. The minimum Gasteiger partial charge on any atom is -0.431 e. The molecule has 0 aliphatic rings. The molecule has 1 aromatic heterocycles. The number of anilines is 1. The number of benzene rings is 2. The van der Waals surface area contributed by atoms with Crippen LogP contribution in [0.2, 0.25) is 5.02 Å². The van der Waals surface area contributed by atoms with Crippen molar-refractivity contribution >= 4 is 50.2 Å². The lowest BCUT2D eigenvalue weighted by molar-refractivity contribution is 0.490. The summed E-state index contributed by atoms with van der Waals surface area (Å²) in [4.78, 5) is 4.24. The molecule has 0 bridgehead atoms. The van der Waals surface area contributed by atoms with Gasteiger partial charge in [0.15, 0.2) is 5.58 Å². The van der Waals surface area contributed by atoms with Gasteiger partial charge in [0, 0.05) is 10.7 Å². The number of nitrogens with one attached hydrogen (secondary N) is 1. The summed E-state index contributed by atoms with van der Waals surface area (Å²) in [7, 11) is -3.76. The van der Waals surface area contributed by atoms with Gasteiger partial charge in [-0.2, -0.15) is 5.26 Å². The molecular formula is C15H10ClN3O3S2. The highest BCUT2D eigenvalue weighted by Gasteiger charge is 2.17. The zero-order valence-corrected chi connectivity index (χ0v) is 14.5. The quantitative estimate of drug-likeness (QED) is 0.675. The predicted molar refractivity (Wildman–Crippen MR) is 92.6 cm³/mol. The number of nitriles is 1. The number of nitrogens with zero attached hydrogens (tertiary/aromatic N) is 2. The van der Waals surface area contributed by atoms with Crippen molar-refractivity contribution in [3.63, 3.8) is 0 Å². The van der Waals surface area contributed by atoms with Gasteiger partial charge in [-0.05, 0) is 42.5 Å². The van der Waals surface area contributed by atoms with E-state index in [1.165, 1.54) is 18.2 Å². The first kappa shape index (κ1) is 16.6. The van der Waals surface area contributed by atoms with Gasteiger partial charge in [0.1, 0.15) is 5.52 Å². The third-order valence-electron chi connectivity index (χ3n) is 3.01. The topological polar surface area (TPSA) is 96.0 Å². The summed E-state index contributed by atoms with van der Waals surface area (Å²) in [5.74, 6) is 0.204. The fourth-order valence-electron chi connectivity index (χ4n) is 1.94. The van der Waals surface area contributed by atoms with Gasteiger partial charge in [-0.15, -0.1) is 0 Å². The van der Waals surface area contributed by atoms with Crippen LogP contribution in [0.5, 0.6) is 0 Å². The van der Waals surface area contributed by atoms with Crippen molar-refractivity contribution in [2.75, 3.05) is 10.5 Å². The molecule has 0 spiro atoms. The van der Waals surface area contributed by atoms with Crippen molar-refractivity contribution in [3.05, 3.63) is 47.5 Å². The van der Waals surface area contributed by atoms with Gasteiger partial charge in [-0.25, -0.2) is 13.4 Å². The normalized spacial score (nSPS) is 11.3. The molecule has 0 unspecified atom stereocenters. The molecule has 0 aliphatic carbocycles. The lowest BCUT2D eigenvalue weighted by atomic mass is 10.3. The highest BCUT2D eigenvalue weighted by atomic mass is 35.5. The number of fused-ring (bicyclic) bond motifs is 1. The molecule has 3 aromatic rings. The lowest BCUT2D eigenvalue weighted by Crippen LogP contribution is -2.12. The van der Waals surface area contributed by atoms with E-state index in [1.54, 1.807) is 24.3 Å². The Morgan fingerprint density at radius 1 is 1.25 bits per heavy atom. The molecule has 0 amide bonds. The Bertz CT molecular complexity index is 1020. The van der Waals surface area contributed by atoms with Crippen LogP contribution in [0.1, 0.15) is 0 Å². The van der Waals surface area contributed by atoms with Crippen molar-refractivity contribution in [1.29, 1.82) is 5.26 Å². The number of aromatic nitrogens is 1. The smallest absolute Gasteiger partial charge is 0.261 e. The van der Waals surface area contributed by atoms with E-state index in [9.17, 15) is 8.42 Å². The fourth-order valence-corrected chi connectivity index (χ4v) is 3.64. The van der Waals surface area contributed by atoms with Gasteiger partial charge in [-0.3, -0.25) is 4.72 Å². The van der Waals surface area contributed by atoms with Gasteiger partial charge in [0.2, 0.25) is 0 Å². The molecule has 122 valence electrons. The Morgan fingerprint density at radius 2 is 2.00 bits per heavy atom. The van der Waals surface area contributed by atoms with Crippen LogP contribution in [-0.4, -0.2) is 19.2 Å². The average molecular weight is 380 g/mol. The van der Waals surface area contributed by atoms with E-state index < -0.39 is 10.0 Å². The molecule has 3 rings (SSSR count). The summed E-state index contributed by atoms with van der Waals surface area (Å²) in [5.41, 5.74) is 1.28. The Hall–Kier alpha value is -2.21. The summed E-state index contributed by atoms with van der Waals surface area (Å²) in [6.45, 7) is 0. The third kappa shape index (κ3) is 3.64. The molecule has 0 radical (unpaired) electrons. The van der Waals surface area contributed by atoms with Gasteiger partial charge in [0.25, 0.3) is 15.2 Å². The summed E-state index contributed by atoms with van der Waals surface area (Å²) >= 11 is 6.93. The highest BCUT2D eigenvalue weighted by molar-refractivity contribution is 7.99. The number of rotatable bonds is 5. The average Bonchev–Trinajstić information content (AvgIpc) is 2.97. The maximum atomic E-state index is 12.5. The minimum absolute atomic E-state index is 0.0649.